The number of aromatic amines is 1. The molecule has 0 aliphatic rings. The van der Waals surface area contributed by atoms with Crippen LogP contribution in [0.1, 0.15) is 11.1 Å². The number of H-pyrrole nitrogens is 1. The molecule has 0 radical (unpaired) electrons. The predicted molar refractivity (Wildman–Crippen MR) is 107 cm³/mol. The van der Waals surface area contributed by atoms with Crippen LogP contribution in [0.25, 0.3) is 22.2 Å². The molecular formula is C22H21N3O. The van der Waals surface area contributed by atoms with E-state index in [9.17, 15) is 0 Å². The van der Waals surface area contributed by atoms with Crippen LogP contribution in [0.3, 0.4) is 0 Å². The summed E-state index contributed by atoms with van der Waals surface area (Å²) < 4.78 is 5.28. The molecule has 4 aromatic rings. The highest BCUT2D eigenvalue weighted by molar-refractivity contribution is 5.81. The van der Waals surface area contributed by atoms with E-state index in [1.807, 2.05) is 12.1 Å². The number of nitrogens with one attached hydrogen (secondary N) is 2. The third kappa shape index (κ3) is 3.14. The van der Waals surface area contributed by atoms with E-state index in [2.05, 4.69) is 70.7 Å². The van der Waals surface area contributed by atoms with Crippen molar-refractivity contribution in [3.05, 3.63) is 78.1 Å². The molecule has 26 heavy (non-hydrogen) atoms. The minimum atomic E-state index is 0.745. The molecule has 2 N–H and O–H groups in total. The third-order valence-corrected chi connectivity index (χ3v) is 4.62. The summed E-state index contributed by atoms with van der Waals surface area (Å²) in [5, 5.41) is 3.59. The largest absolute Gasteiger partial charge is 0.497 e. The van der Waals surface area contributed by atoms with Crippen molar-refractivity contribution < 1.29 is 4.74 Å². The number of methoxy groups -OCH3 is 1. The number of rotatable bonds is 5. The maximum atomic E-state index is 5.28. The second-order valence-corrected chi connectivity index (χ2v) is 6.33. The standard InChI is InChI=1S/C22H21N3O/c1-15-4-3-5-20(22(15)17-7-9-18(26-2)10-8-17)23-13-16-6-11-19-21(12-16)25-14-24-19/h3-12,14,23H,13H2,1-2H3,(H,24,25). The van der Waals surface area contributed by atoms with Crippen molar-refractivity contribution in [1.82, 2.24) is 9.97 Å². The molecule has 0 saturated heterocycles. The van der Waals surface area contributed by atoms with Gasteiger partial charge in [-0.05, 0) is 53.9 Å². The van der Waals surface area contributed by atoms with Crippen LogP contribution in [0, 0.1) is 6.92 Å². The lowest BCUT2D eigenvalue weighted by Gasteiger charge is -2.15. The van der Waals surface area contributed by atoms with Gasteiger partial charge in [0.1, 0.15) is 5.75 Å². The molecule has 0 bridgehead atoms. The molecule has 0 aliphatic carbocycles. The number of aromatic nitrogens is 2. The average molecular weight is 343 g/mol. The number of aryl methyl sites for hydroxylation is 1. The van der Waals surface area contributed by atoms with Crippen LogP contribution < -0.4 is 10.1 Å². The molecule has 0 fully saturated rings. The quantitative estimate of drug-likeness (QED) is 0.526. The second-order valence-electron chi connectivity index (χ2n) is 6.33. The van der Waals surface area contributed by atoms with Gasteiger partial charge in [0.15, 0.2) is 0 Å². The zero-order valence-electron chi connectivity index (χ0n) is 14.9. The van der Waals surface area contributed by atoms with Gasteiger partial charge >= 0.3 is 0 Å². The number of imidazole rings is 1. The maximum absolute atomic E-state index is 5.28. The van der Waals surface area contributed by atoms with E-state index in [1.165, 1.54) is 22.3 Å². The van der Waals surface area contributed by atoms with Gasteiger partial charge in [0.25, 0.3) is 0 Å². The van der Waals surface area contributed by atoms with Crippen molar-refractivity contribution in [2.24, 2.45) is 0 Å². The topological polar surface area (TPSA) is 49.9 Å². The van der Waals surface area contributed by atoms with Gasteiger partial charge in [-0.1, -0.05) is 30.3 Å². The van der Waals surface area contributed by atoms with Gasteiger partial charge in [-0.25, -0.2) is 4.98 Å². The molecule has 0 atom stereocenters. The zero-order valence-corrected chi connectivity index (χ0v) is 14.9. The number of nitrogens with zero attached hydrogens (tertiary/aromatic N) is 1. The van der Waals surface area contributed by atoms with Crippen molar-refractivity contribution in [3.8, 4) is 16.9 Å². The Bertz CT molecular complexity index is 1030. The molecule has 0 unspecified atom stereocenters. The zero-order chi connectivity index (χ0) is 17.9. The van der Waals surface area contributed by atoms with Crippen LogP contribution in [0.4, 0.5) is 5.69 Å². The Balaban J connectivity index is 1.62. The monoisotopic (exact) mass is 343 g/mol. The van der Waals surface area contributed by atoms with Crippen molar-refractivity contribution >= 4 is 16.7 Å². The fourth-order valence-corrected chi connectivity index (χ4v) is 3.24. The van der Waals surface area contributed by atoms with Crippen LogP contribution in [0.2, 0.25) is 0 Å². The summed E-state index contributed by atoms with van der Waals surface area (Å²) in [6.45, 7) is 2.88. The predicted octanol–water partition coefficient (Wildman–Crippen LogP) is 5.16. The Labute approximate surface area is 152 Å². The highest BCUT2D eigenvalue weighted by atomic mass is 16.5. The van der Waals surface area contributed by atoms with Crippen molar-refractivity contribution in [1.29, 1.82) is 0 Å². The maximum Gasteiger partial charge on any atom is 0.118 e. The number of benzene rings is 3. The molecular weight excluding hydrogens is 322 g/mol. The summed E-state index contributed by atoms with van der Waals surface area (Å²) in [4.78, 5) is 7.46. The van der Waals surface area contributed by atoms with Crippen LogP contribution >= 0.6 is 0 Å². The third-order valence-electron chi connectivity index (χ3n) is 4.62. The molecule has 4 heteroatoms. The number of fused-ring (bicyclic) bond motifs is 1. The van der Waals surface area contributed by atoms with E-state index in [0.717, 1.165) is 29.0 Å². The van der Waals surface area contributed by atoms with Crippen LogP contribution in [0.15, 0.2) is 67.0 Å². The Morgan fingerprint density at radius 2 is 1.88 bits per heavy atom. The van der Waals surface area contributed by atoms with Gasteiger partial charge in [0, 0.05) is 17.8 Å². The molecule has 0 aliphatic heterocycles. The SMILES string of the molecule is COc1ccc(-c2c(C)cccc2NCc2ccc3[nH]cnc3c2)cc1. The molecule has 1 aromatic heterocycles. The first-order valence-electron chi connectivity index (χ1n) is 8.64. The van der Waals surface area contributed by atoms with Crippen LogP contribution in [0.5, 0.6) is 5.75 Å². The van der Waals surface area contributed by atoms with E-state index >= 15 is 0 Å². The summed E-state index contributed by atoms with van der Waals surface area (Å²) in [5.74, 6) is 0.865. The van der Waals surface area contributed by atoms with Gasteiger partial charge in [-0.3, -0.25) is 0 Å². The smallest absolute Gasteiger partial charge is 0.118 e. The van der Waals surface area contributed by atoms with Gasteiger partial charge in [0.2, 0.25) is 0 Å². The first kappa shape index (κ1) is 16.2. The van der Waals surface area contributed by atoms with Crippen LogP contribution in [-0.2, 0) is 6.54 Å². The Hall–Kier alpha value is -3.27. The highest BCUT2D eigenvalue weighted by Crippen LogP contribution is 2.32. The molecule has 0 spiro atoms. The van der Waals surface area contributed by atoms with E-state index in [4.69, 9.17) is 4.74 Å². The highest BCUT2D eigenvalue weighted by Gasteiger charge is 2.09. The number of hydrogen-bond donors (Lipinski definition) is 2. The first-order valence-corrected chi connectivity index (χ1v) is 8.64. The first-order chi connectivity index (χ1) is 12.7. The molecule has 0 saturated carbocycles. The minimum Gasteiger partial charge on any atom is -0.497 e. The summed E-state index contributed by atoms with van der Waals surface area (Å²) >= 11 is 0. The number of anilines is 1. The van der Waals surface area contributed by atoms with Crippen molar-refractivity contribution in [2.45, 2.75) is 13.5 Å². The van der Waals surface area contributed by atoms with E-state index in [0.29, 0.717) is 0 Å². The lowest BCUT2D eigenvalue weighted by atomic mass is 9.98. The summed E-state index contributed by atoms with van der Waals surface area (Å²) in [6.07, 6.45) is 1.73. The molecule has 130 valence electrons. The molecule has 1 heterocycles. The summed E-state index contributed by atoms with van der Waals surface area (Å²) in [5.41, 5.74) is 8.00. The van der Waals surface area contributed by atoms with Gasteiger partial charge in [0.05, 0.1) is 24.5 Å². The average Bonchev–Trinajstić information content (AvgIpc) is 3.14. The summed E-state index contributed by atoms with van der Waals surface area (Å²) in [7, 11) is 1.69. The van der Waals surface area contributed by atoms with E-state index in [-0.39, 0.29) is 0 Å². The van der Waals surface area contributed by atoms with Crippen LogP contribution in [-0.4, -0.2) is 17.1 Å². The number of hydrogen-bond acceptors (Lipinski definition) is 3. The Morgan fingerprint density at radius 3 is 2.69 bits per heavy atom. The van der Waals surface area contributed by atoms with Crippen molar-refractivity contribution in [3.63, 3.8) is 0 Å². The summed E-state index contributed by atoms with van der Waals surface area (Å²) in [6, 6.07) is 20.8. The second kappa shape index (κ2) is 6.92. The lowest BCUT2D eigenvalue weighted by molar-refractivity contribution is 0.415. The van der Waals surface area contributed by atoms with E-state index < -0.39 is 0 Å². The molecule has 3 aromatic carbocycles. The Morgan fingerprint density at radius 1 is 1.04 bits per heavy atom. The Kier molecular flexibility index (Phi) is 4.32. The minimum absolute atomic E-state index is 0.745. The molecule has 4 rings (SSSR count). The van der Waals surface area contributed by atoms with Gasteiger partial charge in [-0.15, -0.1) is 0 Å². The lowest BCUT2D eigenvalue weighted by Crippen LogP contribution is -2.02. The number of ether oxygens (including phenoxy) is 1. The van der Waals surface area contributed by atoms with E-state index in [1.54, 1.807) is 13.4 Å². The normalized spacial score (nSPS) is 10.8. The van der Waals surface area contributed by atoms with Gasteiger partial charge in [-0.2, -0.15) is 0 Å². The molecule has 0 amide bonds. The van der Waals surface area contributed by atoms with Crippen molar-refractivity contribution in [2.75, 3.05) is 12.4 Å². The molecule has 4 nitrogen and oxygen atoms in total. The van der Waals surface area contributed by atoms with Gasteiger partial charge < -0.3 is 15.0 Å². The fraction of sp³-hybridized carbons (Fsp3) is 0.136. The fourth-order valence-electron chi connectivity index (χ4n) is 3.24.